The van der Waals surface area contributed by atoms with Gasteiger partial charge in [-0.2, -0.15) is 0 Å². The van der Waals surface area contributed by atoms with Crippen molar-refractivity contribution in [1.29, 1.82) is 0 Å². The number of rotatable bonds is 4. The molecule has 4 N–H and O–H groups in total. The molecule has 94 valence electrons. The highest BCUT2D eigenvalue weighted by atomic mass is 79.9. The fourth-order valence-electron chi connectivity index (χ4n) is 1.32. The number of benzene rings is 1. The third-order valence-corrected chi connectivity index (χ3v) is 3.60. The molecule has 1 aromatic rings. The zero-order valence-corrected chi connectivity index (χ0v) is 11.7. The quantitative estimate of drug-likeness (QED) is 0.736. The van der Waals surface area contributed by atoms with E-state index in [0.29, 0.717) is 11.3 Å². The van der Waals surface area contributed by atoms with Crippen molar-refractivity contribution in [2.24, 2.45) is 0 Å². The zero-order chi connectivity index (χ0) is 13.0. The van der Waals surface area contributed by atoms with Crippen molar-refractivity contribution in [2.45, 2.75) is 19.1 Å². The summed E-state index contributed by atoms with van der Waals surface area (Å²) in [6.07, 6.45) is -2.11. The Bertz CT molecular complexity index is 414. The first kappa shape index (κ1) is 14.5. The molecule has 0 fully saturated rings. The number of hydrogen-bond donors (Lipinski definition) is 3. The van der Waals surface area contributed by atoms with Crippen molar-refractivity contribution in [3.63, 3.8) is 0 Å². The maximum atomic E-state index is 10.8. The van der Waals surface area contributed by atoms with Crippen LogP contribution in [0.4, 0.5) is 5.69 Å². The number of carbonyl (C=O) groups is 1. The molecule has 0 aliphatic rings. The molecule has 0 aromatic heterocycles. The van der Waals surface area contributed by atoms with Crippen LogP contribution in [0.25, 0.3) is 0 Å². The van der Waals surface area contributed by atoms with Gasteiger partial charge in [-0.25, -0.2) is 0 Å². The number of aliphatic hydroxyl groups excluding tert-OH is 2. The van der Waals surface area contributed by atoms with Gasteiger partial charge in [0.2, 0.25) is 0 Å². The molecule has 0 saturated carbocycles. The highest BCUT2D eigenvalue weighted by Gasteiger charge is 2.21. The minimum Gasteiger partial charge on any atom is -0.398 e. The lowest BCUT2D eigenvalue weighted by Gasteiger charge is -2.19. The van der Waals surface area contributed by atoms with E-state index in [1.807, 2.05) is 0 Å². The zero-order valence-electron chi connectivity index (χ0n) is 9.26. The van der Waals surface area contributed by atoms with E-state index >= 15 is 0 Å². The van der Waals surface area contributed by atoms with E-state index in [1.165, 1.54) is 6.92 Å². The SMILES string of the molecule is CC(=O)SCC(O)C(O)c1ccc(Br)cc1N. The van der Waals surface area contributed by atoms with Crippen LogP contribution in [0.15, 0.2) is 22.7 Å². The highest BCUT2D eigenvalue weighted by molar-refractivity contribution is 9.10. The average molecular weight is 320 g/mol. The third-order valence-electron chi connectivity index (χ3n) is 2.19. The van der Waals surface area contributed by atoms with Gasteiger partial charge in [0.05, 0.1) is 6.10 Å². The fraction of sp³-hybridized carbons (Fsp3) is 0.364. The standard InChI is InChI=1S/C11H14BrNO3S/c1-6(14)17-5-10(15)11(16)8-3-2-7(12)4-9(8)13/h2-4,10-11,15-16H,5,13H2,1H3. The summed E-state index contributed by atoms with van der Waals surface area (Å²) in [4.78, 5) is 10.8. The first-order valence-electron chi connectivity index (χ1n) is 4.96. The normalized spacial score (nSPS) is 14.4. The molecule has 17 heavy (non-hydrogen) atoms. The average Bonchev–Trinajstić information content (AvgIpc) is 2.25. The van der Waals surface area contributed by atoms with E-state index in [2.05, 4.69) is 15.9 Å². The number of anilines is 1. The number of halogens is 1. The molecule has 0 radical (unpaired) electrons. The summed E-state index contributed by atoms with van der Waals surface area (Å²) in [5.74, 6) is 0.145. The molecule has 4 nitrogen and oxygen atoms in total. The summed E-state index contributed by atoms with van der Waals surface area (Å²) in [5.41, 5.74) is 6.61. The second-order valence-electron chi connectivity index (χ2n) is 3.59. The topological polar surface area (TPSA) is 83.5 Å². The van der Waals surface area contributed by atoms with Crippen molar-refractivity contribution in [1.82, 2.24) is 0 Å². The Morgan fingerprint density at radius 1 is 1.53 bits per heavy atom. The van der Waals surface area contributed by atoms with Crippen LogP contribution in [-0.2, 0) is 4.79 Å². The summed E-state index contributed by atoms with van der Waals surface area (Å²) >= 11 is 4.23. The fourth-order valence-corrected chi connectivity index (χ4v) is 2.28. The summed E-state index contributed by atoms with van der Waals surface area (Å²) in [6.45, 7) is 1.41. The van der Waals surface area contributed by atoms with Crippen LogP contribution >= 0.6 is 27.7 Å². The summed E-state index contributed by atoms with van der Waals surface area (Å²) in [7, 11) is 0. The minimum atomic E-state index is -1.09. The monoisotopic (exact) mass is 319 g/mol. The molecule has 0 saturated heterocycles. The molecule has 2 atom stereocenters. The Morgan fingerprint density at radius 3 is 2.71 bits per heavy atom. The van der Waals surface area contributed by atoms with Crippen LogP contribution < -0.4 is 5.73 Å². The van der Waals surface area contributed by atoms with Gasteiger partial charge < -0.3 is 15.9 Å². The van der Waals surface area contributed by atoms with Crippen molar-refractivity contribution in [2.75, 3.05) is 11.5 Å². The number of thioether (sulfide) groups is 1. The molecule has 0 heterocycles. The predicted octanol–water partition coefficient (Wildman–Crippen LogP) is 1.71. The molecule has 0 bridgehead atoms. The largest absolute Gasteiger partial charge is 0.398 e. The lowest BCUT2D eigenvalue weighted by atomic mass is 10.0. The molecular weight excluding hydrogens is 306 g/mol. The Morgan fingerprint density at radius 2 is 2.18 bits per heavy atom. The first-order valence-corrected chi connectivity index (χ1v) is 6.74. The molecule has 0 aliphatic heterocycles. The Hall–Kier alpha value is -0.560. The second kappa shape index (κ2) is 6.39. The summed E-state index contributed by atoms with van der Waals surface area (Å²) < 4.78 is 0.804. The van der Waals surface area contributed by atoms with Gasteiger partial charge in [-0.3, -0.25) is 4.79 Å². The van der Waals surface area contributed by atoms with Crippen LogP contribution in [0.1, 0.15) is 18.6 Å². The molecule has 0 amide bonds. The van der Waals surface area contributed by atoms with E-state index in [-0.39, 0.29) is 10.9 Å². The van der Waals surface area contributed by atoms with Crippen molar-refractivity contribution < 1.29 is 15.0 Å². The molecular formula is C11H14BrNO3S. The van der Waals surface area contributed by atoms with Gasteiger partial charge in [-0.05, 0) is 12.1 Å². The third kappa shape index (κ3) is 4.31. The molecule has 6 heteroatoms. The molecule has 0 aliphatic carbocycles. The maximum Gasteiger partial charge on any atom is 0.185 e. The van der Waals surface area contributed by atoms with E-state index in [4.69, 9.17) is 5.73 Å². The Labute approximate surface area is 112 Å². The van der Waals surface area contributed by atoms with Crippen molar-refractivity contribution >= 4 is 38.5 Å². The predicted molar refractivity (Wildman–Crippen MR) is 72.7 cm³/mol. The van der Waals surface area contributed by atoms with Gasteiger partial charge in [-0.1, -0.05) is 33.8 Å². The van der Waals surface area contributed by atoms with Gasteiger partial charge in [0.15, 0.2) is 5.12 Å². The number of hydrogen-bond acceptors (Lipinski definition) is 5. The number of nitrogen functional groups attached to an aromatic ring is 1. The molecule has 2 unspecified atom stereocenters. The van der Waals surface area contributed by atoms with E-state index in [0.717, 1.165) is 16.2 Å². The van der Waals surface area contributed by atoms with Crippen LogP contribution in [0, 0.1) is 0 Å². The summed E-state index contributed by atoms with van der Waals surface area (Å²) in [5, 5.41) is 19.5. The van der Waals surface area contributed by atoms with Gasteiger partial charge in [0, 0.05) is 28.4 Å². The van der Waals surface area contributed by atoms with Gasteiger partial charge >= 0.3 is 0 Å². The van der Waals surface area contributed by atoms with E-state index < -0.39 is 12.2 Å². The van der Waals surface area contributed by atoms with E-state index in [9.17, 15) is 15.0 Å². The lowest BCUT2D eigenvalue weighted by molar-refractivity contribution is -0.109. The lowest BCUT2D eigenvalue weighted by Crippen LogP contribution is -2.22. The van der Waals surface area contributed by atoms with Crippen LogP contribution in [-0.4, -0.2) is 27.2 Å². The number of carbonyl (C=O) groups excluding carboxylic acids is 1. The number of aliphatic hydroxyl groups is 2. The summed E-state index contributed by atoms with van der Waals surface area (Å²) in [6, 6.07) is 5.04. The first-order chi connectivity index (χ1) is 7.91. The van der Waals surface area contributed by atoms with Gasteiger partial charge in [-0.15, -0.1) is 0 Å². The van der Waals surface area contributed by atoms with Crippen molar-refractivity contribution in [3.05, 3.63) is 28.2 Å². The van der Waals surface area contributed by atoms with Gasteiger partial charge in [0.25, 0.3) is 0 Å². The van der Waals surface area contributed by atoms with Crippen LogP contribution in [0.3, 0.4) is 0 Å². The highest BCUT2D eigenvalue weighted by Crippen LogP contribution is 2.27. The van der Waals surface area contributed by atoms with Crippen LogP contribution in [0.5, 0.6) is 0 Å². The second-order valence-corrected chi connectivity index (χ2v) is 5.70. The molecule has 1 aromatic carbocycles. The van der Waals surface area contributed by atoms with Crippen molar-refractivity contribution in [3.8, 4) is 0 Å². The smallest absolute Gasteiger partial charge is 0.185 e. The maximum absolute atomic E-state index is 10.8. The number of nitrogens with two attached hydrogens (primary N) is 1. The van der Waals surface area contributed by atoms with Crippen LogP contribution in [0.2, 0.25) is 0 Å². The molecule has 0 spiro atoms. The Kier molecular flexibility index (Phi) is 5.45. The minimum absolute atomic E-state index is 0.0972. The van der Waals surface area contributed by atoms with Gasteiger partial charge in [0.1, 0.15) is 6.10 Å². The molecule has 1 rings (SSSR count). The Balaban J connectivity index is 2.74. The van der Waals surface area contributed by atoms with E-state index in [1.54, 1.807) is 18.2 Å².